The molecule has 2 N–H and O–H groups in total. The number of hydrogen-bond donors (Lipinski definition) is 2. The molecule has 1 atom stereocenters. The molecule has 1 saturated carbocycles. The highest BCUT2D eigenvalue weighted by Gasteiger charge is 2.30. The number of benzene rings is 1. The van der Waals surface area contributed by atoms with Gasteiger partial charge in [-0.2, -0.15) is 0 Å². The van der Waals surface area contributed by atoms with E-state index in [-0.39, 0.29) is 12.1 Å². The topological polar surface area (TPSA) is 32.3 Å². The van der Waals surface area contributed by atoms with E-state index in [1.54, 1.807) is 0 Å². The lowest BCUT2D eigenvalue weighted by molar-refractivity contribution is 0.0527. The second-order valence-corrected chi connectivity index (χ2v) is 4.55. The van der Waals surface area contributed by atoms with E-state index in [9.17, 15) is 13.9 Å². The molecule has 1 aromatic carbocycles. The van der Waals surface area contributed by atoms with Gasteiger partial charge in [-0.15, -0.1) is 0 Å². The number of hydrogen-bond acceptors (Lipinski definition) is 2. The minimum absolute atomic E-state index is 0.127. The summed E-state index contributed by atoms with van der Waals surface area (Å²) in [4.78, 5) is 0. The van der Waals surface area contributed by atoms with Crippen LogP contribution in [0.1, 0.15) is 25.3 Å². The lowest BCUT2D eigenvalue weighted by atomic mass is 9.95. The monoisotopic (exact) mass is 227 g/mol. The third-order valence-corrected chi connectivity index (χ3v) is 2.82. The van der Waals surface area contributed by atoms with E-state index in [1.165, 1.54) is 13.0 Å². The van der Waals surface area contributed by atoms with Gasteiger partial charge in [-0.3, -0.25) is 0 Å². The standard InChI is InChI=1S/C12H15F2NO/c1-12(16,7-15-9-3-4-9)10-5-2-8(13)6-11(10)14/h2,5-6,9,15-16H,3-4,7H2,1H3. The summed E-state index contributed by atoms with van der Waals surface area (Å²) in [6, 6.07) is 3.68. The molecule has 0 aromatic heterocycles. The Hall–Kier alpha value is -1.00. The third kappa shape index (κ3) is 2.57. The SMILES string of the molecule is CC(O)(CNC1CC1)c1ccc(F)cc1F. The van der Waals surface area contributed by atoms with Gasteiger partial charge in [0.2, 0.25) is 0 Å². The summed E-state index contributed by atoms with van der Waals surface area (Å²) >= 11 is 0. The highest BCUT2D eigenvalue weighted by molar-refractivity contribution is 5.24. The molecule has 88 valence electrons. The molecule has 0 radical (unpaired) electrons. The Morgan fingerprint density at radius 1 is 1.44 bits per heavy atom. The van der Waals surface area contributed by atoms with Gasteiger partial charge in [0.25, 0.3) is 0 Å². The van der Waals surface area contributed by atoms with Gasteiger partial charge in [-0.25, -0.2) is 8.78 Å². The quantitative estimate of drug-likeness (QED) is 0.823. The molecule has 1 fully saturated rings. The van der Waals surface area contributed by atoms with Gasteiger partial charge in [0.1, 0.15) is 17.2 Å². The number of halogens is 2. The van der Waals surface area contributed by atoms with E-state index in [4.69, 9.17) is 0 Å². The molecule has 1 aliphatic carbocycles. The van der Waals surface area contributed by atoms with Gasteiger partial charge in [0.05, 0.1) is 0 Å². The van der Waals surface area contributed by atoms with E-state index in [0.29, 0.717) is 6.04 Å². The first-order chi connectivity index (χ1) is 7.49. The largest absolute Gasteiger partial charge is 0.384 e. The Morgan fingerprint density at radius 3 is 2.69 bits per heavy atom. The molecule has 0 saturated heterocycles. The number of nitrogens with one attached hydrogen (secondary N) is 1. The Morgan fingerprint density at radius 2 is 2.12 bits per heavy atom. The van der Waals surface area contributed by atoms with Crippen LogP contribution in [0.15, 0.2) is 18.2 Å². The molecule has 4 heteroatoms. The van der Waals surface area contributed by atoms with Crippen LogP contribution in [-0.2, 0) is 5.60 Å². The van der Waals surface area contributed by atoms with Crippen molar-refractivity contribution < 1.29 is 13.9 Å². The van der Waals surface area contributed by atoms with Crippen LogP contribution >= 0.6 is 0 Å². The maximum absolute atomic E-state index is 13.5. The van der Waals surface area contributed by atoms with Crippen LogP contribution in [0.5, 0.6) is 0 Å². The fourth-order valence-corrected chi connectivity index (χ4v) is 1.65. The molecule has 2 nitrogen and oxygen atoms in total. The van der Waals surface area contributed by atoms with Gasteiger partial charge < -0.3 is 10.4 Å². The van der Waals surface area contributed by atoms with Crippen molar-refractivity contribution in [3.05, 3.63) is 35.4 Å². The van der Waals surface area contributed by atoms with Crippen molar-refractivity contribution >= 4 is 0 Å². The molecule has 1 aromatic rings. The Balaban J connectivity index is 2.12. The van der Waals surface area contributed by atoms with Gasteiger partial charge in [-0.1, -0.05) is 6.07 Å². The summed E-state index contributed by atoms with van der Waals surface area (Å²) in [7, 11) is 0. The molecule has 0 amide bonds. The van der Waals surface area contributed by atoms with Crippen molar-refractivity contribution in [1.29, 1.82) is 0 Å². The fourth-order valence-electron chi connectivity index (χ4n) is 1.65. The highest BCUT2D eigenvalue weighted by Crippen LogP contribution is 2.26. The van der Waals surface area contributed by atoms with Gasteiger partial charge >= 0.3 is 0 Å². The van der Waals surface area contributed by atoms with Crippen LogP contribution in [-0.4, -0.2) is 17.7 Å². The fraction of sp³-hybridized carbons (Fsp3) is 0.500. The first kappa shape index (κ1) is 11.5. The molecule has 1 unspecified atom stereocenters. The van der Waals surface area contributed by atoms with E-state index in [1.807, 2.05) is 0 Å². The zero-order valence-electron chi connectivity index (χ0n) is 9.13. The van der Waals surface area contributed by atoms with Crippen LogP contribution in [0.25, 0.3) is 0 Å². The van der Waals surface area contributed by atoms with Crippen LogP contribution < -0.4 is 5.32 Å². The number of aliphatic hydroxyl groups is 1. The number of rotatable bonds is 4. The van der Waals surface area contributed by atoms with Crippen LogP contribution in [0.4, 0.5) is 8.78 Å². The predicted molar refractivity (Wildman–Crippen MR) is 57.0 cm³/mol. The van der Waals surface area contributed by atoms with Crippen molar-refractivity contribution in [2.45, 2.75) is 31.4 Å². The third-order valence-electron chi connectivity index (χ3n) is 2.82. The van der Waals surface area contributed by atoms with E-state index < -0.39 is 17.2 Å². The van der Waals surface area contributed by atoms with Crippen LogP contribution in [0.3, 0.4) is 0 Å². The Kier molecular flexibility index (Phi) is 2.95. The molecule has 0 aliphatic heterocycles. The van der Waals surface area contributed by atoms with Crippen molar-refractivity contribution in [1.82, 2.24) is 5.32 Å². The van der Waals surface area contributed by atoms with Crippen molar-refractivity contribution in [2.75, 3.05) is 6.54 Å². The zero-order chi connectivity index (χ0) is 11.8. The predicted octanol–water partition coefficient (Wildman–Crippen LogP) is 1.92. The Bertz CT molecular complexity index is 389. The highest BCUT2D eigenvalue weighted by atomic mass is 19.1. The molecule has 0 heterocycles. The zero-order valence-corrected chi connectivity index (χ0v) is 9.13. The minimum Gasteiger partial charge on any atom is -0.384 e. The second kappa shape index (κ2) is 4.11. The molecule has 0 bridgehead atoms. The minimum atomic E-state index is -1.31. The van der Waals surface area contributed by atoms with Crippen molar-refractivity contribution in [3.63, 3.8) is 0 Å². The second-order valence-electron chi connectivity index (χ2n) is 4.55. The van der Waals surface area contributed by atoms with E-state index in [2.05, 4.69) is 5.32 Å². The molecule has 0 spiro atoms. The summed E-state index contributed by atoms with van der Waals surface area (Å²) in [5.41, 5.74) is -1.18. The van der Waals surface area contributed by atoms with E-state index in [0.717, 1.165) is 25.0 Å². The maximum atomic E-state index is 13.5. The lowest BCUT2D eigenvalue weighted by Gasteiger charge is -2.24. The maximum Gasteiger partial charge on any atom is 0.132 e. The van der Waals surface area contributed by atoms with Crippen LogP contribution in [0, 0.1) is 11.6 Å². The van der Waals surface area contributed by atoms with E-state index >= 15 is 0 Å². The van der Waals surface area contributed by atoms with Crippen molar-refractivity contribution in [2.24, 2.45) is 0 Å². The van der Waals surface area contributed by atoms with Gasteiger partial charge in [0, 0.05) is 24.2 Å². The average molecular weight is 227 g/mol. The summed E-state index contributed by atoms with van der Waals surface area (Å²) in [5, 5.41) is 13.2. The summed E-state index contributed by atoms with van der Waals surface area (Å²) in [6.07, 6.45) is 2.20. The Labute approximate surface area is 93.3 Å². The smallest absolute Gasteiger partial charge is 0.132 e. The molecular formula is C12H15F2NO. The molecule has 1 aliphatic rings. The molecule has 2 rings (SSSR count). The lowest BCUT2D eigenvalue weighted by Crippen LogP contribution is -2.37. The normalized spacial score (nSPS) is 19.5. The van der Waals surface area contributed by atoms with Crippen LogP contribution in [0.2, 0.25) is 0 Å². The first-order valence-electron chi connectivity index (χ1n) is 5.40. The van der Waals surface area contributed by atoms with Gasteiger partial charge in [-0.05, 0) is 25.8 Å². The average Bonchev–Trinajstić information content (AvgIpc) is 2.97. The summed E-state index contributed by atoms with van der Waals surface area (Å²) in [6.45, 7) is 1.80. The van der Waals surface area contributed by atoms with Crippen molar-refractivity contribution in [3.8, 4) is 0 Å². The summed E-state index contributed by atoms with van der Waals surface area (Å²) < 4.78 is 26.2. The first-order valence-corrected chi connectivity index (χ1v) is 5.40. The van der Waals surface area contributed by atoms with Gasteiger partial charge in [0.15, 0.2) is 0 Å². The summed E-state index contributed by atoms with van der Waals surface area (Å²) in [5.74, 6) is -1.34. The molecule has 16 heavy (non-hydrogen) atoms. The molecular weight excluding hydrogens is 212 g/mol.